The molecule has 0 amide bonds. The third-order valence-corrected chi connectivity index (χ3v) is 9.12. The molecule has 0 N–H and O–H groups in total. The van der Waals surface area contributed by atoms with Gasteiger partial charge >= 0.3 is 0 Å². The van der Waals surface area contributed by atoms with Crippen LogP contribution < -0.4 is 0 Å². The lowest BCUT2D eigenvalue weighted by atomic mass is 9.91. The average molecular weight is 659 g/mol. The second kappa shape index (κ2) is 15.9. The van der Waals surface area contributed by atoms with Gasteiger partial charge in [-0.2, -0.15) is 0 Å². The van der Waals surface area contributed by atoms with Gasteiger partial charge in [-0.15, -0.1) is 0 Å². The summed E-state index contributed by atoms with van der Waals surface area (Å²) in [6.07, 6.45) is 10.1. The molecule has 1 aromatic heterocycles. The monoisotopic (exact) mass is 658 g/mol. The normalized spacial score (nSPS) is 12.0. The molecule has 0 atom stereocenters. The van der Waals surface area contributed by atoms with E-state index in [-0.39, 0.29) is 0 Å². The first kappa shape index (κ1) is 34.5. The molecule has 2 heteroatoms. The lowest BCUT2D eigenvalue weighted by Crippen LogP contribution is -2.08. The van der Waals surface area contributed by atoms with E-state index in [9.17, 15) is 0 Å². The van der Waals surface area contributed by atoms with E-state index < -0.39 is 0 Å². The molecule has 0 aliphatic heterocycles. The summed E-state index contributed by atoms with van der Waals surface area (Å²) in [5.41, 5.74) is 16.5. The molecule has 0 fully saturated rings. The van der Waals surface area contributed by atoms with Gasteiger partial charge in [0.2, 0.25) is 0 Å². The van der Waals surface area contributed by atoms with E-state index in [1.165, 1.54) is 11.1 Å². The summed E-state index contributed by atoms with van der Waals surface area (Å²) in [6.45, 7) is 19.1. The molecule has 6 aromatic rings. The van der Waals surface area contributed by atoms with Gasteiger partial charge in [0.15, 0.2) is 0 Å². The van der Waals surface area contributed by atoms with Crippen molar-refractivity contribution in [3.63, 3.8) is 0 Å². The number of aromatic nitrogens is 1. The number of benzene rings is 5. The Bertz CT molecular complexity index is 2230. The first-order valence-corrected chi connectivity index (χ1v) is 17.2. The molecule has 1 heterocycles. The molecule has 0 bridgehead atoms. The average Bonchev–Trinajstić information content (AvgIpc) is 3.17. The number of hydrogen-bond acceptors (Lipinski definition) is 2. The van der Waals surface area contributed by atoms with E-state index in [0.717, 1.165) is 72.6 Å². The second-order valence-electron chi connectivity index (χ2n) is 12.6. The molecule has 248 valence electrons. The van der Waals surface area contributed by atoms with Gasteiger partial charge in [0.1, 0.15) is 0 Å². The summed E-state index contributed by atoms with van der Waals surface area (Å²) in [6, 6.07) is 46.2. The van der Waals surface area contributed by atoms with Crippen molar-refractivity contribution in [2.75, 3.05) is 0 Å². The third kappa shape index (κ3) is 8.09. The van der Waals surface area contributed by atoms with Gasteiger partial charge in [-0.3, -0.25) is 4.98 Å². The van der Waals surface area contributed by atoms with Crippen LogP contribution in [0.5, 0.6) is 0 Å². The minimum absolute atomic E-state index is 0.671. The highest BCUT2D eigenvalue weighted by Gasteiger charge is 2.14. The van der Waals surface area contributed by atoms with Crippen LogP contribution in [0.25, 0.3) is 40.1 Å². The van der Waals surface area contributed by atoms with Gasteiger partial charge in [0, 0.05) is 11.8 Å². The van der Waals surface area contributed by atoms with E-state index in [0.29, 0.717) is 5.70 Å². The second-order valence-corrected chi connectivity index (χ2v) is 12.6. The summed E-state index contributed by atoms with van der Waals surface area (Å²) in [5, 5.41) is 0. The molecule has 0 unspecified atom stereocenters. The van der Waals surface area contributed by atoms with E-state index in [4.69, 9.17) is 4.99 Å². The van der Waals surface area contributed by atoms with Crippen molar-refractivity contribution >= 4 is 34.7 Å². The van der Waals surface area contributed by atoms with Crippen molar-refractivity contribution in [3.05, 3.63) is 227 Å². The summed E-state index contributed by atoms with van der Waals surface area (Å²) < 4.78 is 0. The van der Waals surface area contributed by atoms with Crippen LogP contribution in [0.4, 0.5) is 0 Å². The Morgan fingerprint density at radius 1 is 0.529 bits per heavy atom. The molecule has 0 radical (unpaired) electrons. The Hall–Kier alpha value is -6.38. The van der Waals surface area contributed by atoms with Crippen LogP contribution in [-0.2, 0) is 0 Å². The van der Waals surface area contributed by atoms with E-state index in [2.05, 4.69) is 167 Å². The van der Waals surface area contributed by atoms with Crippen LogP contribution in [-0.4, -0.2) is 10.7 Å². The van der Waals surface area contributed by atoms with Gasteiger partial charge < -0.3 is 0 Å². The maximum Gasteiger partial charge on any atom is 0.0968 e. The number of aryl methyl sites for hydroxylation is 3. The SMILES string of the molecule is C=C/C(=C\c1ccccc1C)c1cc(/C(C=C)=C/c2ccccc2C)cc(-c2ccc(C(=C)N=C(c3ccccc3)c3ncccc3C)cc2)c1. The molecule has 2 nitrogen and oxygen atoms in total. The first-order chi connectivity index (χ1) is 24.8. The topological polar surface area (TPSA) is 25.2 Å². The minimum atomic E-state index is 0.671. The van der Waals surface area contributed by atoms with Crippen LogP contribution in [0.1, 0.15) is 55.8 Å². The van der Waals surface area contributed by atoms with Crippen molar-refractivity contribution in [1.29, 1.82) is 0 Å². The van der Waals surface area contributed by atoms with Gasteiger partial charge in [-0.05, 0) is 124 Å². The lowest BCUT2D eigenvalue weighted by Gasteiger charge is -2.14. The highest BCUT2D eigenvalue weighted by atomic mass is 14.8. The van der Waals surface area contributed by atoms with E-state index in [1.54, 1.807) is 0 Å². The fourth-order valence-electron chi connectivity index (χ4n) is 6.12. The third-order valence-electron chi connectivity index (χ3n) is 9.12. The Morgan fingerprint density at radius 3 is 1.59 bits per heavy atom. The summed E-state index contributed by atoms with van der Waals surface area (Å²) in [7, 11) is 0. The molecule has 51 heavy (non-hydrogen) atoms. The number of nitrogens with zero attached hydrogens (tertiary/aromatic N) is 2. The van der Waals surface area contributed by atoms with Crippen LogP contribution in [0.2, 0.25) is 0 Å². The summed E-state index contributed by atoms with van der Waals surface area (Å²) in [4.78, 5) is 9.75. The van der Waals surface area contributed by atoms with Crippen molar-refractivity contribution in [2.24, 2.45) is 4.99 Å². The quantitative estimate of drug-likeness (QED) is 0.0772. The van der Waals surface area contributed by atoms with Crippen molar-refractivity contribution in [3.8, 4) is 11.1 Å². The van der Waals surface area contributed by atoms with E-state index >= 15 is 0 Å². The maximum atomic E-state index is 5.06. The summed E-state index contributed by atoms with van der Waals surface area (Å²) in [5.74, 6) is 0. The molecule has 0 aliphatic carbocycles. The molecular weight excluding hydrogens is 617 g/mol. The standard InChI is InChI=1S/C49H42N2/c1-7-38(29-43-22-14-12-17-34(43)3)45-31-46(39(8-2)30-44-23-15-13-18-35(44)4)33-47(32-45)41-26-24-40(25-27-41)37(6)51-49(42-20-10-9-11-21-42)48-36(5)19-16-28-50-48/h7-33H,1-2,6H2,3-5H3/b38-29+,39-30+,51-49?. The highest BCUT2D eigenvalue weighted by molar-refractivity contribution is 6.14. The number of allylic oxidation sites excluding steroid dienone is 4. The zero-order valence-corrected chi connectivity index (χ0v) is 29.6. The number of pyridine rings is 1. The van der Waals surface area contributed by atoms with Crippen LogP contribution >= 0.6 is 0 Å². The largest absolute Gasteiger partial charge is 0.254 e. The smallest absolute Gasteiger partial charge is 0.0968 e. The van der Waals surface area contributed by atoms with Gasteiger partial charge in [-0.1, -0.05) is 141 Å². The summed E-state index contributed by atoms with van der Waals surface area (Å²) >= 11 is 0. The van der Waals surface area contributed by atoms with Gasteiger partial charge in [-0.25, -0.2) is 4.99 Å². The zero-order valence-electron chi connectivity index (χ0n) is 29.6. The molecule has 0 spiro atoms. The van der Waals surface area contributed by atoms with Gasteiger partial charge in [0.25, 0.3) is 0 Å². The Morgan fingerprint density at radius 2 is 1.06 bits per heavy atom. The van der Waals surface area contributed by atoms with Crippen LogP contribution in [0, 0.1) is 20.8 Å². The van der Waals surface area contributed by atoms with Crippen molar-refractivity contribution in [1.82, 2.24) is 4.98 Å². The fraction of sp³-hybridized carbons (Fsp3) is 0.0612. The number of rotatable bonds is 11. The molecule has 0 saturated heterocycles. The zero-order chi connectivity index (χ0) is 35.7. The fourth-order valence-corrected chi connectivity index (χ4v) is 6.12. The Balaban J connectivity index is 1.43. The van der Waals surface area contributed by atoms with Crippen LogP contribution in [0.15, 0.2) is 177 Å². The maximum absolute atomic E-state index is 5.06. The molecule has 5 aromatic carbocycles. The predicted octanol–water partition coefficient (Wildman–Crippen LogP) is 12.6. The van der Waals surface area contributed by atoms with Crippen molar-refractivity contribution < 1.29 is 0 Å². The highest BCUT2D eigenvalue weighted by Crippen LogP contribution is 2.33. The minimum Gasteiger partial charge on any atom is -0.254 e. The van der Waals surface area contributed by atoms with Crippen LogP contribution in [0.3, 0.4) is 0 Å². The molecule has 0 saturated carbocycles. The Kier molecular flexibility index (Phi) is 10.7. The Labute approximate surface area is 302 Å². The van der Waals surface area contributed by atoms with Gasteiger partial charge in [0.05, 0.1) is 17.1 Å². The number of hydrogen-bond donors (Lipinski definition) is 0. The van der Waals surface area contributed by atoms with Crippen molar-refractivity contribution in [2.45, 2.75) is 20.8 Å². The molecular formula is C49H42N2. The predicted molar refractivity (Wildman–Crippen MR) is 220 cm³/mol. The lowest BCUT2D eigenvalue weighted by molar-refractivity contribution is 1.23. The number of aliphatic imine (C=N–C) groups is 1. The molecule has 6 rings (SSSR count). The van der Waals surface area contributed by atoms with E-state index in [1.807, 2.05) is 42.6 Å². The first-order valence-electron chi connectivity index (χ1n) is 17.2. The molecule has 0 aliphatic rings.